The largest absolute Gasteiger partial charge is 0.480 e. The minimum Gasteiger partial charge on any atom is -0.480 e. The highest BCUT2D eigenvalue weighted by molar-refractivity contribution is 7.98. The number of nitrogens with zero attached hydrogens (tertiary/aromatic N) is 1. The van der Waals surface area contributed by atoms with E-state index < -0.39 is 12.0 Å². The number of nitrogens with two attached hydrogens (primary N) is 1. The van der Waals surface area contributed by atoms with Gasteiger partial charge in [0.15, 0.2) is 0 Å². The van der Waals surface area contributed by atoms with Gasteiger partial charge in [-0.2, -0.15) is 0 Å². The van der Waals surface area contributed by atoms with Crippen LogP contribution in [0.1, 0.15) is 11.3 Å². The van der Waals surface area contributed by atoms with E-state index in [-0.39, 0.29) is 0 Å². The number of hydrogen-bond donors (Lipinski definition) is 2. The van der Waals surface area contributed by atoms with Crippen molar-refractivity contribution in [3.8, 4) is 0 Å². The van der Waals surface area contributed by atoms with Crippen molar-refractivity contribution in [2.24, 2.45) is 12.8 Å². The number of rotatable bonds is 4. The molecule has 2 aromatic rings. The summed E-state index contributed by atoms with van der Waals surface area (Å²) in [5.74, 6) is -0.960. The van der Waals surface area contributed by atoms with Crippen molar-refractivity contribution in [2.75, 3.05) is 6.26 Å². The molecule has 5 heteroatoms. The van der Waals surface area contributed by atoms with Gasteiger partial charge < -0.3 is 15.4 Å². The van der Waals surface area contributed by atoms with Crippen LogP contribution >= 0.6 is 11.8 Å². The molecule has 0 saturated heterocycles. The molecule has 1 aromatic heterocycles. The molecule has 0 fully saturated rings. The fraction of sp³-hybridized carbons (Fsp3) is 0.357. The number of thioether (sulfide) groups is 1. The van der Waals surface area contributed by atoms with Gasteiger partial charge in [0.25, 0.3) is 0 Å². The summed E-state index contributed by atoms with van der Waals surface area (Å²) >= 11 is 1.67. The maximum atomic E-state index is 11.0. The summed E-state index contributed by atoms with van der Waals surface area (Å²) in [5.41, 5.74) is 8.93. The lowest BCUT2D eigenvalue weighted by Crippen LogP contribution is -2.32. The third kappa shape index (κ3) is 2.35. The summed E-state index contributed by atoms with van der Waals surface area (Å²) in [7, 11) is 2.00. The first-order valence-electron chi connectivity index (χ1n) is 6.06. The van der Waals surface area contributed by atoms with Crippen molar-refractivity contribution in [3.63, 3.8) is 0 Å². The van der Waals surface area contributed by atoms with Crippen LogP contribution in [-0.4, -0.2) is 27.9 Å². The Hall–Kier alpha value is -1.46. The zero-order valence-corrected chi connectivity index (χ0v) is 12.1. The van der Waals surface area contributed by atoms with Crippen LogP contribution in [-0.2, 0) is 18.3 Å². The predicted octanol–water partition coefficient (Wildman–Crippen LogP) is 2.16. The van der Waals surface area contributed by atoms with Crippen molar-refractivity contribution in [1.29, 1.82) is 0 Å². The average molecular weight is 278 g/mol. The Labute approximate surface area is 116 Å². The first kappa shape index (κ1) is 14.0. The van der Waals surface area contributed by atoms with Gasteiger partial charge in [0, 0.05) is 35.0 Å². The van der Waals surface area contributed by atoms with Gasteiger partial charge in [0.05, 0.1) is 0 Å². The van der Waals surface area contributed by atoms with Crippen LogP contribution < -0.4 is 5.73 Å². The molecule has 1 aromatic carbocycles. The summed E-state index contributed by atoms with van der Waals surface area (Å²) in [6.07, 6.45) is 2.38. The Bertz CT molecular complexity index is 634. The minimum absolute atomic E-state index is 0.357. The van der Waals surface area contributed by atoms with Crippen molar-refractivity contribution in [3.05, 3.63) is 29.5 Å². The normalized spacial score (nSPS) is 12.8. The molecular weight excluding hydrogens is 260 g/mol. The molecule has 3 N–H and O–H groups in total. The SMILES string of the molecule is CSc1cccc2c1c(CC(N)C(=O)O)c(C)n2C. The molecule has 0 amide bonds. The second-order valence-electron chi connectivity index (χ2n) is 4.63. The average Bonchev–Trinajstić information content (AvgIpc) is 2.64. The summed E-state index contributed by atoms with van der Waals surface area (Å²) in [5, 5.41) is 10.1. The smallest absolute Gasteiger partial charge is 0.320 e. The number of carboxylic acid groups (broad SMARTS) is 1. The van der Waals surface area contributed by atoms with Crippen LogP contribution in [0, 0.1) is 6.92 Å². The molecule has 0 bridgehead atoms. The van der Waals surface area contributed by atoms with Gasteiger partial charge in [-0.15, -0.1) is 11.8 Å². The molecule has 1 atom stereocenters. The van der Waals surface area contributed by atoms with Crippen LogP contribution in [0.25, 0.3) is 10.9 Å². The number of aryl methyl sites for hydroxylation is 1. The third-order valence-corrected chi connectivity index (χ3v) is 4.35. The molecule has 1 heterocycles. The van der Waals surface area contributed by atoms with Crippen LogP contribution in [0.3, 0.4) is 0 Å². The maximum Gasteiger partial charge on any atom is 0.320 e. The van der Waals surface area contributed by atoms with E-state index in [2.05, 4.69) is 16.7 Å². The highest BCUT2D eigenvalue weighted by atomic mass is 32.2. The Morgan fingerprint density at radius 3 is 2.79 bits per heavy atom. The third-order valence-electron chi connectivity index (χ3n) is 3.57. The first-order chi connectivity index (χ1) is 8.97. The Balaban J connectivity index is 2.65. The highest BCUT2D eigenvalue weighted by Gasteiger charge is 2.20. The first-order valence-corrected chi connectivity index (χ1v) is 7.29. The molecule has 2 rings (SSSR count). The number of benzene rings is 1. The van der Waals surface area contributed by atoms with Gasteiger partial charge in [-0.1, -0.05) is 6.07 Å². The van der Waals surface area contributed by atoms with E-state index in [1.807, 2.05) is 26.3 Å². The van der Waals surface area contributed by atoms with E-state index in [1.54, 1.807) is 11.8 Å². The van der Waals surface area contributed by atoms with Crippen LogP contribution in [0.2, 0.25) is 0 Å². The van der Waals surface area contributed by atoms with E-state index in [0.29, 0.717) is 6.42 Å². The standard InChI is InChI=1S/C14H18N2O2S/c1-8-9(7-10(15)14(17)18)13-11(16(8)2)5-4-6-12(13)19-3/h4-6,10H,7,15H2,1-3H3,(H,17,18). The quantitative estimate of drug-likeness (QED) is 0.841. The van der Waals surface area contributed by atoms with E-state index >= 15 is 0 Å². The lowest BCUT2D eigenvalue weighted by atomic mass is 10.0. The van der Waals surface area contributed by atoms with Crippen LogP contribution in [0.15, 0.2) is 23.1 Å². The van der Waals surface area contributed by atoms with E-state index in [4.69, 9.17) is 10.8 Å². The number of aliphatic carboxylic acids is 1. The fourth-order valence-corrected chi connectivity index (χ4v) is 3.04. The Kier molecular flexibility index (Phi) is 3.87. The van der Waals surface area contributed by atoms with Gasteiger partial charge in [0.1, 0.15) is 6.04 Å². The number of aromatic nitrogens is 1. The van der Waals surface area contributed by atoms with Crippen molar-refractivity contribution < 1.29 is 9.90 Å². The molecule has 0 radical (unpaired) electrons. The van der Waals surface area contributed by atoms with Crippen LogP contribution in [0.4, 0.5) is 0 Å². The molecule has 0 aliphatic rings. The predicted molar refractivity (Wildman–Crippen MR) is 78.8 cm³/mol. The van der Waals surface area contributed by atoms with Gasteiger partial charge >= 0.3 is 5.97 Å². The molecule has 102 valence electrons. The van der Waals surface area contributed by atoms with Crippen molar-refractivity contribution in [1.82, 2.24) is 4.57 Å². The molecule has 0 aliphatic carbocycles. The minimum atomic E-state index is -0.960. The van der Waals surface area contributed by atoms with E-state index in [9.17, 15) is 4.79 Å². The molecule has 4 nitrogen and oxygen atoms in total. The second-order valence-corrected chi connectivity index (χ2v) is 5.47. The lowest BCUT2D eigenvalue weighted by Gasteiger charge is -2.08. The Morgan fingerprint density at radius 1 is 1.53 bits per heavy atom. The summed E-state index contributed by atoms with van der Waals surface area (Å²) in [6.45, 7) is 2.01. The molecule has 0 aliphatic heterocycles. The van der Waals surface area contributed by atoms with Gasteiger partial charge in [0.2, 0.25) is 0 Å². The number of carbonyl (C=O) groups is 1. The van der Waals surface area contributed by atoms with Crippen LogP contribution in [0.5, 0.6) is 0 Å². The summed E-state index contributed by atoms with van der Waals surface area (Å²) in [6, 6.07) is 5.27. The van der Waals surface area contributed by atoms with Gasteiger partial charge in [-0.3, -0.25) is 4.79 Å². The number of hydrogen-bond acceptors (Lipinski definition) is 3. The highest BCUT2D eigenvalue weighted by Crippen LogP contribution is 2.33. The fourth-order valence-electron chi connectivity index (χ4n) is 2.39. The van der Waals surface area contributed by atoms with E-state index in [0.717, 1.165) is 27.1 Å². The maximum absolute atomic E-state index is 11.0. The molecular formula is C14H18N2O2S. The zero-order valence-electron chi connectivity index (χ0n) is 11.3. The molecule has 0 spiro atoms. The molecule has 1 unspecified atom stereocenters. The summed E-state index contributed by atoms with van der Waals surface area (Å²) < 4.78 is 2.10. The van der Waals surface area contributed by atoms with Crippen molar-refractivity contribution in [2.45, 2.75) is 24.3 Å². The Morgan fingerprint density at radius 2 is 2.21 bits per heavy atom. The van der Waals surface area contributed by atoms with Gasteiger partial charge in [-0.05, 0) is 30.9 Å². The topological polar surface area (TPSA) is 68.2 Å². The number of fused-ring (bicyclic) bond motifs is 1. The zero-order chi connectivity index (χ0) is 14.2. The molecule has 19 heavy (non-hydrogen) atoms. The molecule has 0 saturated carbocycles. The summed E-state index contributed by atoms with van der Waals surface area (Å²) in [4.78, 5) is 12.1. The monoisotopic (exact) mass is 278 g/mol. The lowest BCUT2D eigenvalue weighted by molar-refractivity contribution is -0.138. The second kappa shape index (κ2) is 5.27. The number of carboxylic acids is 1. The van der Waals surface area contributed by atoms with Gasteiger partial charge in [-0.25, -0.2) is 0 Å². The van der Waals surface area contributed by atoms with Crippen molar-refractivity contribution >= 4 is 28.6 Å². The van der Waals surface area contributed by atoms with E-state index in [1.165, 1.54) is 0 Å².